The zero-order chi connectivity index (χ0) is 16.0. The van der Waals surface area contributed by atoms with E-state index in [0.29, 0.717) is 15.9 Å². The van der Waals surface area contributed by atoms with Crippen molar-refractivity contribution in [1.29, 1.82) is 0 Å². The van der Waals surface area contributed by atoms with Crippen molar-refractivity contribution >= 4 is 34.1 Å². The summed E-state index contributed by atoms with van der Waals surface area (Å²) in [6.45, 7) is 2.05. The number of halogens is 2. The predicted molar refractivity (Wildman–Crippen MR) is 91.2 cm³/mol. The van der Waals surface area contributed by atoms with E-state index in [9.17, 15) is 0 Å². The molecule has 4 rings (SSSR count). The second-order valence-electron chi connectivity index (χ2n) is 5.26. The standard InChI is InChI=1S/C16H11Cl2N5/c1-9-2-5-15-11(6-9)12(8-19-15)16-20-21-22-23(16)10-3-4-13(17)14(18)7-10/h2-8,19H,1H3. The van der Waals surface area contributed by atoms with E-state index in [4.69, 9.17) is 23.2 Å². The van der Waals surface area contributed by atoms with Gasteiger partial charge in [-0.2, -0.15) is 4.68 Å². The number of hydrogen-bond acceptors (Lipinski definition) is 3. The lowest BCUT2D eigenvalue weighted by atomic mass is 10.1. The first kappa shape index (κ1) is 14.2. The van der Waals surface area contributed by atoms with Crippen LogP contribution in [0, 0.1) is 6.92 Å². The molecule has 5 nitrogen and oxygen atoms in total. The molecule has 114 valence electrons. The number of aryl methyl sites for hydroxylation is 1. The Bertz CT molecular complexity index is 1020. The summed E-state index contributed by atoms with van der Waals surface area (Å²) in [4.78, 5) is 3.25. The summed E-state index contributed by atoms with van der Waals surface area (Å²) in [5, 5.41) is 14.1. The highest BCUT2D eigenvalue weighted by Gasteiger charge is 2.15. The number of nitrogens with zero attached hydrogens (tertiary/aromatic N) is 4. The summed E-state index contributed by atoms with van der Waals surface area (Å²) in [5.74, 6) is 0.639. The number of tetrazole rings is 1. The predicted octanol–water partition coefficient (Wildman–Crippen LogP) is 4.43. The van der Waals surface area contributed by atoms with Crippen LogP contribution < -0.4 is 0 Å². The van der Waals surface area contributed by atoms with Gasteiger partial charge in [-0.25, -0.2) is 0 Å². The molecule has 23 heavy (non-hydrogen) atoms. The van der Waals surface area contributed by atoms with Crippen LogP contribution in [0.4, 0.5) is 0 Å². The van der Waals surface area contributed by atoms with Gasteiger partial charge in [0.15, 0.2) is 5.82 Å². The number of aromatic amines is 1. The van der Waals surface area contributed by atoms with Crippen LogP contribution in [0.3, 0.4) is 0 Å². The average molecular weight is 344 g/mol. The molecule has 0 aliphatic rings. The van der Waals surface area contributed by atoms with Crippen LogP contribution in [0.25, 0.3) is 28.0 Å². The van der Waals surface area contributed by atoms with Gasteiger partial charge >= 0.3 is 0 Å². The maximum Gasteiger partial charge on any atom is 0.189 e. The van der Waals surface area contributed by atoms with Gasteiger partial charge in [-0.3, -0.25) is 0 Å². The van der Waals surface area contributed by atoms with Crippen molar-refractivity contribution in [2.24, 2.45) is 0 Å². The molecule has 0 atom stereocenters. The van der Waals surface area contributed by atoms with Crippen molar-refractivity contribution in [3.05, 3.63) is 58.2 Å². The first-order valence-corrected chi connectivity index (χ1v) is 7.71. The Balaban J connectivity index is 1.92. The summed E-state index contributed by atoms with van der Waals surface area (Å²) in [6.07, 6.45) is 1.91. The Kier molecular flexibility index (Phi) is 3.32. The van der Waals surface area contributed by atoms with Crippen LogP contribution in [-0.2, 0) is 0 Å². The minimum Gasteiger partial charge on any atom is -0.360 e. The van der Waals surface area contributed by atoms with Gasteiger partial charge in [-0.05, 0) is 47.7 Å². The number of fused-ring (bicyclic) bond motifs is 1. The van der Waals surface area contributed by atoms with E-state index in [0.717, 1.165) is 22.2 Å². The third-order valence-corrected chi connectivity index (χ3v) is 4.43. The van der Waals surface area contributed by atoms with Crippen LogP contribution in [0.1, 0.15) is 5.56 Å². The Labute approximate surface area is 141 Å². The smallest absolute Gasteiger partial charge is 0.189 e. The number of nitrogens with one attached hydrogen (secondary N) is 1. The third kappa shape index (κ3) is 2.38. The average Bonchev–Trinajstić information content (AvgIpc) is 3.15. The molecule has 0 unspecified atom stereocenters. The van der Waals surface area contributed by atoms with Gasteiger partial charge in [-0.15, -0.1) is 5.10 Å². The fraction of sp³-hybridized carbons (Fsp3) is 0.0625. The van der Waals surface area contributed by atoms with Gasteiger partial charge in [0.05, 0.1) is 15.7 Å². The minimum atomic E-state index is 0.459. The lowest BCUT2D eigenvalue weighted by Gasteiger charge is -2.05. The second-order valence-corrected chi connectivity index (χ2v) is 6.08. The molecule has 7 heteroatoms. The molecule has 0 radical (unpaired) electrons. The molecular weight excluding hydrogens is 333 g/mol. The molecule has 2 aromatic heterocycles. The molecule has 0 aliphatic heterocycles. The molecule has 0 spiro atoms. The van der Waals surface area contributed by atoms with E-state index in [2.05, 4.69) is 39.6 Å². The summed E-state index contributed by atoms with van der Waals surface area (Å²) in [5.41, 5.74) is 3.89. The van der Waals surface area contributed by atoms with Gasteiger partial charge in [0, 0.05) is 22.7 Å². The van der Waals surface area contributed by atoms with Crippen LogP contribution in [0.5, 0.6) is 0 Å². The SMILES string of the molecule is Cc1ccc2[nH]cc(-c3nnnn3-c3ccc(Cl)c(Cl)c3)c2c1. The Hall–Kier alpha value is -2.37. The first-order valence-electron chi connectivity index (χ1n) is 6.95. The van der Waals surface area contributed by atoms with Crippen molar-refractivity contribution in [3.63, 3.8) is 0 Å². The molecule has 2 aromatic carbocycles. The van der Waals surface area contributed by atoms with Crippen LogP contribution >= 0.6 is 23.2 Å². The highest BCUT2D eigenvalue weighted by Crippen LogP contribution is 2.30. The van der Waals surface area contributed by atoms with E-state index >= 15 is 0 Å². The van der Waals surface area contributed by atoms with E-state index in [1.165, 1.54) is 5.56 Å². The lowest BCUT2D eigenvalue weighted by molar-refractivity contribution is 0.791. The fourth-order valence-corrected chi connectivity index (χ4v) is 2.86. The molecular formula is C16H11Cl2N5. The zero-order valence-electron chi connectivity index (χ0n) is 12.1. The monoisotopic (exact) mass is 343 g/mol. The summed E-state index contributed by atoms with van der Waals surface area (Å²) in [7, 11) is 0. The third-order valence-electron chi connectivity index (χ3n) is 3.70. The number of aromatic nitrogens is 5. The maximum atomic E-state index is 6.10. The summed E-state index contributed by atoms with van der Waals surface area (Å²) in [6, 6.07) is 11.5. The lowest BCUT2D eigenvalue weighted by Crippen LogP contribution is -1.99. The molecule has 0 saturated heterocycles. The van der Waals surface area contributed by atoms with E-state index in [1.807, 2.05) is 18.3 Å². The molecule has 4 aromatic rings. The summed E-state index contributed by atoms with van der Waals surface area (Å²) >= 11 is 12.1. The first-order chi connectivity index (χ1) is 11.1. The molecule has 1 N–H and O–H groups in total. The minimum absolute atomic E-state index is 0.459. The van der Waals surface area contributed by atoms with Crippen molar-refractivity contribution in [1.82, 2.24) is 25.2 Å². The molecule has 0 bridgehead atoms. The maximum absolute atomic E-state index is 6.10. The van der Waals surface area contributed by atoms with Crippen molar-refractivity contribution in [3.8, 4) is 17.1 Å². The van der Waals surface area contributed by atoms with Gasteiger partial charge in [0.25, 0.3) is 0 Å². The summed E-state index contributed by atoms with van der Waals surface area (Å²) < 4.78 is 1.65. The molecule has 2 heterocycles. The van der Waals surface area contributed by atoms with Crippen LogP contribution in [0.2, 0.25) is 10.0 Å². The largest absolute Gasteiger partial charge is 0.360 e. The fourth-order valence-electron chi connectivity index (χ4n) is 2.57. The Morgan fingerprint density at radius 3 is 2.74 bits per heavy atom. The highest BCUT2D eigenvalue weighted by molar-refractivity contribution is 6.42. The highest BCUT2D eigenvalue weighted by atomic mass is 35.5. The van der Waals surface area contributed by atoms with Gasteiger partial charge < -0.3 is 4.98 Å². The zero-order valence-corrected chi connectivity index (χ0v) is 13.6. The molecule has 0 saturated carbocycles. The van der Waals surface area contributed by atoms with Crippen LogP contribution in [0.15, 0.2) is 42.6 Å². The van der Waals surface area contributed by atoms with Crippen molar-refractivity contribution in [2.45, 2.75) is 6.92 Å². The van der Waals surface area contributed by atoms with Crippen LogP contribution in [-0.4, -0.2) is 25.2 Å². The van der Waals surface area contributed by atoms with E-state index < -0.39 is 0 Å². The number of hydrogen-bond donors (Lipinski definition) is 1. The second kappa shape index (κ2) is 5.37. The molecule has 0 fully saturated rings. The van der Waals surface area contributed by atoms with Gasteiger partial charge in [0.2, 0.25) is 0 Å². The quantitative estimate of drug-likeness (QED) is 0.585. The van der Waals surface area contributed by atoms with Crippen molar-refractivity contribution < 1.29 is 0 Å². The number of rotatable bonds is 2. The Morgan fingerprint density at radius 2 is 1.91 bits per heavy atom. The van der Waals surface area contributed by atoms with Gasteiger partial charge in [0.1, 0.15) is 0 Å². The van der Waals surface area contributed by atoms with E-state index in [-0.39, 0.29) is 0 Å². The molecule has 0 aliphatic carbocycles. The Morgan fingerprint density at radius 1 is 1.04 bits per heavy atom. The van der Waals surface area contributed by atoms with Crippen molar-refractivity contribution in [2.75, 3.05) is 0 Å². The van der Waals surface area contributed by atoms with E-state index in [1.54, 1.807) is 16.8 Å². The number of benzene rings is 2. The topological polar surface area (TPSA) is 59.4 Å². The molecule has 0 amide bonds. The number of H-pyrrole nitrogens is 1. The normalized spacial score (nSPS) is 11.3. The van der Waals surface area contributed by atoms with Gasteiger partial charge in [-0.1, -0.05) is 34.8 Å².